The Morgan fingerprint density at radius 2 is 1.83 bits per heavy atom. The van der Waals surface area contributed by atoms with Crippen LogP contribution in [-0.2, 0) is 6.54 Å². The van der Waals surface area contributed by atoms with Gasteiger partial charge in [0.05, 0.1) is 37.8 Å². The second-order valence-corrected chi connectivity index (χ2v) is 6.99. The van der Waals surface area contributed by atoms with Crippen molar-refractivity contribution in [2.24, 2.45) is 0 Å². The number of hydrogen-bond acceptors (Lipinski definition) is 6. The third-order valence-electron chi connectivity index (χ3n) is 5.21. The average Bonchev–Trinajstić information content (AvgIpc) is 3.14. The highest BCUT2D eigenvalue weighted by Crippen LogP contribution is 2.18. The maximum Gasteiger partial charge on any atom is 0.257 e. The SMILES string of the molecule is COc1cncc(N2CCN(C(=O)c3cnn(Cc4ccccc4)c3C)CC2)n1. The number of piperazine rings is 1. The third-order valence-corrected chi connectivity index (χ3v) is 5.21. The third kappa shape index (κ3) is 4.06. The van der Waals surface area contributed by atoms with Crippen molar-refractivity contribution < 1.29 is 9.53 Å². The first-order chi connectivity index (χ1) is 14.2. The summed E-state index contributed by atoms with van der Waals surface area (Å²) in [6.07, 6.45) is 4.98. The molecule has 8 nitrogen and oxygen atoms in total. The van der Waals surface area contributed by atoms with Crippen molar-refractivity contribution in [1.29, 1.82) is 0 Å². The summed E-state index contributed by atoms with van der Waals surface area (Å²) in [6, 6.07) is 10.1. The van der Waals surface area contributed by atoms with E-state index in [1.165, 1.54) is 0 Å². The first-order valence-corrected chi connectivity index (χ1v) is 9.62. The molecule has 29 heavy (non-hydrogen) atoms. The summed E-state index contributed by atoms with van der Waals surface area (Å²) in [5.74, 6) is 1.28. The largest absolute Gasteiger partial charge is 0.480 e. The van der Waals surface area contributed by atoms with Gasteiger partial charge in [0.1, 0.15) is 0 Å². The van der Waals surface area contributed by atoms with E-state index in [1.807, 2.05) is 34.7 Å². The van der Waals surface area contributed by atoms with E-state index in [0.29, 0.717) is 44.2 Å². The van der Waals surface area contributed by atoms with E-state index in [0.717, 1.165) is 17.1 Å². The molecule has 0 radical (unpaired) electrons. The number of ether oxygens (including phenoxy) is 1. The van der Waals surface area contributed by atoms with Crippen molar-refractivity contribution in [3.05, 3.63) is 65.7 Å². The summed E-state index contributed by atoms with van der Waals surface area (Å²) < 4.78 is 7.03. The number of hydrogen-bond donors (Lipinski definition) is 0. The van der Waals surface area contributed by atoms with Crippen LogP contribution >= 0.6 is 0 Å². The number of aromatic nitrogens is 4. The number of nitrogens with zero attached hydrogens (tertiary/aromatic N) is 6. The second kappa shape index (κ2) is 8.30. The summed E-state index contributed by atoms with van der Waals surface area (Å²) in [4.78, 5) is 25.6. The first kappa shape index (κ1) is 18.9. The summed E-state index contributed by atoms with van der Waals surface area (Å²) in [5, 5.41) is 4.44. The molecule has 150 valence electrons. The van der Waals surface area contributed by atoms with E-state index in [1.54, 1.807) is 25.7 Å². The van der Waals surface area contributed by atoms with Crippen LogP contribution in [0.25, 0.3) is 0 Å². The van der Waals surface area contributed by atoms with Crippen LogP contribution < -0.4 is 9.64 Å². The lowest BCUT2D eigenvalue weighted by molar-refractivity contribution is 0.0745. The van der Waals surface area contributed by atoms with Crippen LogP contribution in [0.3, 0.4) is 0 Å². The fourth-order valence-electron chi connectivity index (χ4n) is 3.47. The Labute approximate surface area is 169 Å². The Bertz CT molecular complexity index is 980. The molecule has 0 unspecified atom stereocenters. The van der Waals surface area contributed by atoms with Gasteiger partial charge in [-0.3, -0.25) is 14.5 Å². The molecule has 0 spiro atoms. The van der Waals surface area contributed by atoms with E-state index in [4.69, 9.17) is 4.74 Å². The number of carbonyl (C=O) groups is 1. The molecule has 0 atom stereocenters. The Morgan fingerprint density at radius 1 is 1.07 bits per heavy atom. The predicted molar refractivity (Wildman–Crippen MR) is 109 cm³/mol. The van der Waals surface area contributed by atoms with Crippen molar-refractivity contribution in [1.82, 2.24) is 24.6 Å². The molecular weight excluding hydrogens is 368 g/mol. The van der Waals surface area contributed by atoms with Gasteiger partial charge in [-0.2, -0.15) is 10.1 Å². The van der Waals surface area contributed by atoms with E-state index < -0.39 is 0 Å². The van der Waals surface area contributed by atoms with Crippen LogP contribution in [-0.4, -0.2) is 63.8 Å². The summed E-state index contributed by atoms with van der Waals surface area (Å²) in [6.45, 7) is 5.26. The number of anilines is 1. The maximum atomic E-state index is 13.0. The minimum Gasteiger partial charge on any atom is -0.480 e. The molecule has 1 aliphatic heterocycles. The zero-order chi connectivity index (χ0) is 20.2. The van der Waals surface area contributed by atoms with Crippen molar-refractivity contribution >= 4 is 11.7 Å². The number of benzene rings is 1. The fraction of sp³-hybridized carbons (Fsp3) is 0.333. The Morgan fingerprint density at radius 3 is 2.55 bits per heavy atom. The highest BCUT2D eigenvalue weighted by atomic mass is 16.5. The Hall–Kier alpha value is -3.42. The van der Waals surface area contributed by atoms with E-state index in [9.17, 15) is 4.79 Å². The van der Waals surface area contributed by atoms with E-state index >= 15 is 0 Å². The zero-order valence-corrected chi connectivity index (χ0v) is 16.7. The molecule has 1 aliphatic rings. The standard InChI is InChI=1S/C21H24N6O2/c1-16-18(12-23-27(16)15-17-6-4-3-5-7-17)21(28)26-10-8-25(9-11-26)19-13-22-14-20(24-19)29-2/h3-7,12-14H,8-11,15H2,1-2H3. The highest BCUT2D eigenvalue weighted by molar-refractivity contribution is 5.95. The lowest BCUT2D eigenvalue weighted by atomic mass is 10.2. The second-order valence-electron chi connectivity index (χ2n) is 6.99. The molecule has 8 heteroatoms. The Kier molecular flexibility index (Phi) is 5.41. The van der Waals surface area contributed by atoms with Crippen molar-refractivity contribution in [3.8, 4) is 5.88 Å². The molecule has 1 aromatic carbocycles. The minimum atomic E-state index is 0.0261. The van der Waals surface area contributed by atoms with Crippen LogP contribution in [0.5, 0.6) is 5.88 Å². The van der Waals surface area contributed by atoms with E-state index in [2.05, 4.69) is 32.1 Å². The molecule has 1 fully saturated rings. The van der Waals surface area contributed by atoms with Crippen LogP contribution in [0, 0.1) is 6.92 Å². The van der Waals surface area contributed by atoms with Gasteiger partial charge >= 0.3 is 0 Å². The average molecular weight is 392 g/mol. The van der Waals surface area contributed by atoms with E-state index in [-0.39, 0.29) is 5.91 Å². The highest BCUT2D eigenvalue weighted by Gasteiger charge is 2.25. The molecule has 1 saturated heterocycles. The Balaban J connectivity index is 1.41. The first-order valence-electron chi connectivity index (χ1n) is 9.62. The van der Waals surface area contributed by atoms with Crippen molar-refractivity contribution in [3.63, 3.8) is 0 Å². The molecule has 0 aliphatic carbocycles. The predicted octanol–water partition coefficient (Wildman–Crippen LogP) is 2.00. The molecular formula is C21H24N6O2. The van der Waals surface area contributed by atoms with Gasteiger partial charge in [-0.25, -0.2) is 0 Å². The molecule has 0 saturated carbocycles. The quantitative estimate of drug-likeness (QED) is 0.661. The van der Waals surface area contributed by atoms with Crippen LogP contribution in [0.4, 0.5) is 5.82 Å². The van der Waals surface area contributed by atoms with Gasteiger partial charge in [0, 0.05) is 31.9 Å². The van der Waals surface area contributed by atoms with Crippen molar-refractivity contribution in [2.75, 3.05) is 38.2 Å². The molecule has 3 heterocycles. The minimum absolute atomic E-state index is 0.0261. The zero-order valence-electron chi connectivity index (χ0n) is 16.7. The fourth-order valence-corrected chi connectivity index (χ4v) is 3.47. The molecule has 2 aromatic heterocycles. The normalized spacial score (nSPS) is 14.1. The topological polar surface area (TPSA) is 76.4 Å². The number of methoxy groups -OCH3 is 1. The summed E-state index contributed by atoms with van der Waals surface area (Å²) in [7, 11) is 1.57. The smallest absolute Gasteiger partial charge is 0.257 e. The molecule has 0 bridgehead atoms. The van der Waals surface area contributed by atoms with Crippen molar-refractivity contribution in [2.45, 2.75) is 13.5 Å². The van der Waals surface area contributed by atoms with Gasteiger partial charge < -0.3 is 14.5 Å². The summed E-state index contributed by atoms with van der Waals surface area (Å²) in [5.41, 5.74) is 2.71. The van der Waals surface area contributed by atoms with Gasteiger partial charge in [0.25, 0.3) is 5.91 Å². The van der Waals surface area contributed by atoms with Gasteiger partial charge in [-0.05, 0) is 12.5 Å². The van der Waals surface area contributed by atoms with Crippen LogP contribution in [0.1, 0.15) is 21.6 Å². The lowest BCUT2D eigenvalue weighted by Gasteiger charge is -2.35. The summed E-state index contributed by atoms with van der Waals surface area (Å²) >= 11 is 0. The lowest BCUT2D eigenvalue weighted by Crippen LogP contribution is -2.49. The van der Waals surface area contributed by atoms with Gasteiger partial charge in [-0.1, -0.05) is 30.3 Å². The van der Waals surface area contributed by atoms with Crippen LogP contribution in [0.15, 0.2) is 48.9 Å². The number of amides is 1. The monoisotopic (exact) mass is 392 g/mol. The van der Waals surface area contributed by atoms with Crippen LogP contribution in [0.2, 0.25) is 0 Å². The molecule has 0 N–H and O–H groups in total. The maximum absolute atomic E-state index is 13.0. The van der Waals surface area contributed by atoms with Gasteiger partial charge in [0.2, 0.25) is 5.88 Å². The molecule has 1 amide bonds. The molecule has 4 rings (SSSR count). The van der Waals surface area contributed by atoms with Gasteiger partial charge in [0.15, 0.2) is 5.82 Å². The van der Waals surface area contributed by atoms with Gasteiger partial charge in [-0.15, -0.1) is 0 Å². The number of carbonyl (C=O) groups excluding carboxylic acids is 1. The number of rotatable bonds is 5. The molecule has 3 aromatic rings.